The summed E-state index contributed by atoms with van der Waals surface area (Å²) in [5.41, 5.74) is 23.9. The molecule has 4 aromatic carbocycles. The Morgan fingerprint density at radius 1 is 0.882 bits per heavy atom. The number of nitrogens with one attached hydrogen (secondary N) is 3. The number of hydrogen-bond donors (Lipinski definition) is 6. The average Bonchev–Trinajstić information content (AvgIpc) is 3.62. The summed E-state index contributed by atoms with van der Waals surface area (Å²) >= 11 is 0. The van der Waals surface area contributed by atoms with Crippen molar-refractivity contribution in [1.82, 2.24) is 41.3 Å². The molecule has 1 aliphatic heterocycles. The molecule has 8 rings (SSSR count). The number of benzene rings is 4. The van der Waals surface area contributed by atoms with Crippen LogP contribution in [0.5, 0.6) is 0 Å². The van der Waals surface area contributed by atoms with Crippen LogP contribution in [0.3, 0.4) is 0 Å². The van der Waals surface area contributed by atoms with E-state index in [1.54, 1.807) is 12.3 Å². The second kappa shape index (κ2) is 13.2. The van der Waals surface area contributed by atoms with Crippen molar-refractivity contribution < 1.29 is 14.4 Å². The van der Waals surface area contributed by atoms with Gasteiger partial charge in [0.25, 0.3) is 17.7 Å². The van der Waals surface area contributed by atoms with E-state index >= 15 is 0 Å². The molecular weight excluding hydrogens is 646 g/mol. The van der Waals surface area contributed by atoms with Gasteiger partial charge in [0.1, 0.15) is 11.0 Å². The largest absolute Gasteiger partial charge is 0.396 e. The number of nitrogen functional groups attached to an aromatic ring is 2. The highest BCUT2D eigenvalue weighted by Crippen LogP contribution is 2.35. The molecule has 254 valence electrons. The van der Waals surface area contributed by atoms with Crippen molar-refractivity contribution in [3.63, 3.8) is 0 Å². The third-order valence-electron chi connectivity index (χ3n) is 9.05. The Bertz CT molecular complexity index is 2540. The summed E-state index contributed by atoms with van der Waals surface area (Å²) in [4.78, 5) is 35.1. The molecule has 0 spiro atoms. The van der Waals surface area contributed by atoms with Crippen LogP contribution in [0, 0.1) is 6.92 Å². The van der Waals surface area contributed by atoms with Crippen molar-refractivity contribution in [3.8, 4) is 22.3 Å². The summed E-state index contributed by atoms with van der Waals surface area (Å²) in [5.74, 6) is 3.96. The fourth-order valence-corrected chi connectivity index (χ4v) is 6.48. The Morgan fingerprint density at radius 3 is 2.45 bits per heavy atom. The molecule has 0 aliphatic carbocycles. The van der Waals surface area contributed by atoms with Crippen LogP contribution in [0.1, 0.15) is 54.9 Å². The Balaban J connectivity index is 0.000000159. The number of amides is 3. The van der Waals surface area contributed by atoms with Crippen LogP contribution in [0.2, 0.25) is 0 Å². The van der Waals surface area contributed by atoms with Gasteiger partial charge < -0.3 is 16.8 Å². The second-order valence-corrected chi connectivity index (χ2v) is 12.1. The standard InChI is InChI=1S/C19H17N5O2.C18H16N6O/c1-9-2-4-13-15(20)17(18(21)25)24-23-16(13)14(9)11-3-5-12-10(8-11)6-7-22-19(12)26;1-2-10-3-4-12-8-15(18(25)21-19)23-24-17(12)16(10)11-5-6-14-13(7-11)9-20-22-14/h2-5,8H,6-7H2,1H3,(H2,20,23)(H2,21,25)(H,22,26);3-9H,2,19H2,1H3,(H,20,22)(H,21,25). The molecule has 7 aromatic rings. The molecule has 0 saturated carbocycles. The zero-order valence-corrected chi connectivity index (χ0v) is 27.7. The molecule has 1 aliphatic rings. The molecule has 0 unspecified atom stereocenters. The molecule has 0 atom stereocenters. The van der Waals surface area contributed by atoms with Gasteiger partial charge in [-0.2, -0.15) is 5.10 Å². The molecule has 0 bridgehead atoms. The number of primary amides is 1. The van der Waals surface area contributed by atoms with Gasteiger partial charge >= 0.3 is 0 Å². The van der Waals surface area contributed by atoms with Crippen molar-refractivity contribution in [2.24, 2.45) is 11.6 Å². The number of aromatic nitrogens is 6. The molecule has 0 saturated heterocycles. The summed E-state index contributed by atoms with van der Waals surface area (Å²) in [5, 5.41) is 28.9. The molecule has 3 aromatic heterocycles. The molecule has 9 N–H and O–H groups in total. The van der Waals surface area contributed by atoms with Crippen LogP contribution in [0.4, 0.5) is 5.69 Å². The van der Waals surface area contributed by atoms with Gasteiger partial charge in [-0.05, 0) is 71.8 Å². The Labute approximate surface area is 290 Å². The first-order chi connectivity index (χ1) is 24.7. The number of nitrogens with two attached hydrogens (primary N) is 3. The van der Waals surface area contributed by atoms with E-state index in [9.17, 15) is 14.4 Å². The summed E-state index contributed by atoms with van der Waals surface area (Å²) in [6.07, 6.45) is 3.44. The predicted octanol–water partition coefficient (Wildman–Crippen LogP) is 3.91. The van der Waals surface area contributed by atoms with Gasteiger partial charge in [0.05, 0.1) is 17.4 Å². The lowest BCUT2D eigenvalue weighted by Crippen LogP contribution is -2.31. The lowest BCUT2D eigenvalue weighted by molar-refractivity contribution is 0.0939. The maximum Gasteiger partial charge on any atom is 0.285 e. The number of aromatic amines is 1. The number of hydrazine groups is 1. The third kappa shape index (κ3) is 5.93. The topological polar surface area (TPSA) is 234 Å². The van der Waals surface area contributed by atoms with E-state index in [2.05, 4.69) is 60.4 Å². The normalized spacial score (nSPS) is 12.3. The monoisotopic (exact) mass is 679 g/mol. The second-order valence-electron chi connectivity index (χ2n) is 12.1. The van der Waals surface area contributed by atoms with E-state index < -0.39 is 11.8 Å². The first-order valence-electron chi connectivity index (χ1n) is 16.2. The maximum absolute atomic E-state index is 12.0. The molecule has 14 heteroatoms. The van der Waals surface area contributed by atoms with Crippen LogP contribution in [0.25, 0.3) is 55.0 Å². The number of hydrogen-bond acceptors (Lipinski definition) is 10. The number of rotatable bonds is 5. The van der Waals surface area contributed by atoms with E-state index in [4.69, 9.17) is 17.3 Å². The van der Waals surface area contributed by atoms with Gasteiger partial charge in [-0.3, -0.25) is 24.9 Å². The molecule has 0 fully saturated rings. The minimum absolute atomic E-state index is 0.0329. The molecule has 3 amide bonds. The Kier molecular flexibility index (Phi) is 8.50. The maximum atomic E-state index is 12.0. The van der Waals surface area contributed by atoms with Crippen molar-refractivity contribution >= 4 is 56.1 Å². The zero-order valence-electron chi connectivity index (χ0n) is 27.7. The van der Waals surface area contributed by atoms with E-state index in [0.717, 1.165) is 68.0 Å². The predicted molar refractivity (Wildman–Crippen MR) is 194 cm³/mol. The SMILES string of the molecule is CCc1ccc2cc(C(=O)NN)nnc2c1-c1ccc2[nH]ncc2c1.Cc1ccc2c(N)c(C(N)=O)nnc2c1-c1ccc2c(c1)CCNC2=O. The first-order valence-corrected chi connectivity index (χ1v) is 16.2. The van der Waals surface area contributed by atoms with Crippen LogP contribution >= 0.6 is 0 Å². The summed E-state index contributed by atoms with van der Waals surface area (Å²) in [6.45, 7) is 4.70. The van der Waals surface area contributed by atoms with E-state index in [-0.39, 0.29) is 23.0 Å². The van der Waals surface area contributed by atoms with Gasteiger partial charge in [0, 0.05) is 39.4 Å². The van der Waals surface area contributed by atoms with Gasteiger partial charge in [-0.15, -0.1) is 20.4 Å². The lowest BCUT2D eigenvalue weighted by Gasteiger charge is -2.18. The lowest BCUT2D eigenvalue weighted by atomic mass is 9.91. The first kappa shape index (κ1) is 32.7. The van der Waals surface area contributed by atoms with Crippen LogP contribution < -0.4 is 28.1 Å². The van der Waals surface area contributed by atoms with Crippen molar-refractivity contribution in [3.05, 3.63) is 107 Å². The number of nitrogens with zero attached hydrogens (tertiary/aromatic N) is 5. The van der Waals surface area contributed by atoms with Gasteiger partial charge in [0.15, 0.2) is 11.4 Å². The van der Waals surface area contributed by atoms with Crippen molar-refractivity contribution in [1.29, 1.82) is 0 Å². The van der Waals surface area contributed by atoms with E-state index in [1.807, 2.05) is 55.5 Å². The summed E-state index contributed by atoms with van der Waals surface area (Å²) in [7, 11) is 0. The number of carbonyl (C=O) groups excluding carboxylic acids is 3. The van der Waals surface area contributed by atoms with Gasteiger partial charge in [-0.1, -0.05) is 49.4 Å². The number of carbonyl (C=O) groups is 3. The fourth-order valence-electron chi connectivity index (χ4n) is 6.48. The highest BCUT2D eigenvalue weighted by atomic mass is 16.2. The number of H-pyrrole nitrogens is 1. The highest BCUT2D eigenvalue weighted by Gasteiger charge is 2.21. The molecule has 51 heavy (non-hydrogen) atoms. The molecule has 4 heterocycles. The smallest absolute Gasteiger partial charge is 0.285 e. The van der Waals surface area contributed by atoms with Crippen LogP contribution in [-0.4, -0.2) is 54.9 Å². The van der Waals surface area contributed by atoms with Gasteiger partial charge in [-0.25, -0.2) is 5.84 Å². The number of fused-ring (bicyclic) bond motifs is 4. The zero-order chi connectivity index (χ0) is 35.8. The van der Waals surface area contributed by atoms with Crippen LogP contribution in [-0.2, 0) is 12.8 Å². The minimum Gasteiger partial charge on any atom is -0.396 e. The minimum atomic E-state index is -0.709. The number of aryl methyl sites for hydroxylation is 2. The molecular formula is C37H33N11O3. The van der Waals surface area contributed by atoms with Crippen molar-refractivity contribution in [2.75, 3.05) is 12.3 Å². The Hall–Kier alpha value is -6.80. The fraction of sp³-hybridized carbons (Fsp3) is 0.135. The van der Waals surface area contributed by atoms with Crippen LogP contribution in [0.15, 0.2) is 72.9 Å². The Morgan fingerprint density at radius 2 is 1.67 bits per heavy atom. The van der Waals surface area contributed by atoms with Crippen molar-refractivity contribution in [2.45, 2.75) is 26.7 Å². The molecule has 0 radical (unpaired) electrons. The average molecular weight is 680 g/mol. The molecule has 14 nitrogen and oxygen atoms in total. The van der Waals surface area contributed by atoms with Gasteiger partial charge in [0.2, 0.25) is 0 Å². The van der Waals surface area contributed by atoms with E-state index in [0.29, 0.717) is 23.0 Å². The summed E-state index contributed by atoms with van der Waals surface area (Å²) in [6, 6.07) is 21.3. The third-order valence-corrected chi connectivity index (χ3v) is 9.05. The summed E-state index contributed by atoms with van der Waals surface area (Å²) < 4.78 is 0. The highest BCUT2D eigenvalue weighted by molar-refractivity contribution is 6.08. The number of anilines is 1. The van der Waals surface area contributed by atoms with E-state index in [1.165, 1.54) is 5.56 Å². The quantitative estimate of drug-likeness (QED) is 0.0872.